The highest BCUT2D eigenvalue weighted by Crippen LogP contribution is 2.48. The molecule has 2 heteroatoms. The molecule has 1 unspecified atom stereocenters. The van der Waals surface area contributed by atoms with Gasteiger partial charge in [-0.1, -0.05) is 37.6 Å². The summed E-state index contributed by atoms with van der Waals surface area (Å²) >= 11 is 6.35. The Kier molecular flexibility index (Phi) is 3.27. The lowest BCUT2D eigenvalue weighted by atomic mass is 9.91. The standard InChI is InChI=1S/C14H20ClN/c1-3-10(2)12-5-4-11(8-13(12)15)14(9-16)6-7-14/h4-5,8,10H,3,6-7,9,16H2,1-2H3. The van der Waals surface area contributed by atoms with Crippen molar-refractivity contribution in [2.45, 2.75) is 44.4 Å². The molecule has 1 saturated carbocycles. The molecule has 0 bridgehead atoms. The second kappa shape index (κ2) is 4.38. The second-order valence-corrected chi connectivity index (χ2v) is 5.44. The summed E-state index contributed by atoms with van der Waals surface area (Å²) in [5.74, 6) is 0.537. The number of rotatable bonds is 4. The minimum absolute atomic E-state index is 0.248. The fourth-order valence-corrected chi connectivity index (χ4v) is 2.60. The van der Waals surface area contributed by atoms with Crippen LogP contribution in [0.25, 0.3) is 0 Å². The Balaban J connectivity index is 2.30. The van der Waals surface area contributed by atoms with Gasteiger partial charge in [0.05, 0.1) is 0 Å². The van der Waals surface area contributed by atoms with Crippen LogP contribution in [0, 0.1) is 0 Å². The van der Waals surface area contributed by atoms with Gasteiger partial charge in [0.2, 0.25) is 0 Å². The van der Waals surface area contributed by atoms with Crippen LogP contribution in [-0.4, -0.2) is 6.54 Å². The van der Waals surface area contributed by atoms with E-state index in [2.05, 4.69) is 32.0 Å². The molecule has 2 rings (SSSR count). The van der Waals surface area contributed by atoms with Crippen molar-refractivity contribution in [3.63, 3.8) is 0 Å². The summed E-state index contributed by atoms with van der Waals surface area (Å²) in [6.45, 7) is 5.15. The van der Waals surface area contributed by atoms with Crippen molar-refractivity contribution in [2.75, 3.05) is 6.54 Å². The largest absolute Gasteiger partial charge is 0.330 e. The third-order valence-corrected chi connectivity index (χ3v) is 4.33. The van der Waals surface area contributed by atoms with E-state index in [9.17, 15) is 0 Å². The molecule has 1 aliphatic carbocycles. The fourth-order valence-electron chi connectivity index (χ4n) is 2.24. The van der Waals surface area contributed by atoms with Gasteiger partial charge in [0, 0.05) is 17.0 Å². The first-order valence-corrected chi connectivity index (χ1v) is 6.51. The first-order chi connectivity index (χ1) is 7.63. The number of benzene rings is 1. The normalized spacial score (nSPS) is 19.5. The van der Waals surface area contributed by atoms with Crippen LogP contribution in [0.2, 0.25) is 5.02 Å². The van der Waals surface area contributed by atoms with Crippen molar-refractivity contribution in [1.82, 2.24) is 0 Å². The fraction of sp³-hybridized carbons (Fsp3) is 0.571. The molecule has 2 N–H and O–H groups in total. The van der Waals surface area contributed by atoms with Gasteiger partial charge in [-0.15, -0.1) is 0 Å². The molecular formula is C14H20ClN. The monoisotopic (exact) mass is 237 g/mol. The number of nitrogens with two attached hydrogens (primary N) is 1. The van der Waals surface area contributed by atoms with E-state index in [0.29, 0.717) is 5.92 Å². The van der Waals surface area contributed by atoms with Gasteiger partial charge < -0.3 is 5.73 Å². The quantitative estimate of drug-likeness (QED) is 0.846. The summed E-state index contributed by atoms with van der Waals surface area (Å²) in [5, 5.41) is 0.909. The van der Waals surface area contributed by atoms with Gasteiger partial charge in [0.15, 0.2) is 0 Å². The van der Waals surface area contributed by atoms with Gasteiger partial charge in [-0.25, -0.2) is 0 Å². The van der Waals surface area contributed by atoms with E-state index in [1.165, 1.54) is 24.0 Å². The van der Waals surface area contributed by atoms with Crippen LogP contribution in [-0.2, 0) is 5.41 Å². The molecule has 0 aliphatic heterocycles. The smallest absolute Gasteiger partial charge is 0.0443 e. The minimum Gasteiger partial charge on any atom is -0.330 e. The van der Waals surface area contributed by atoms with Crippen LogP contribution in [0.3, 0.4) is 0 Å². The molecule has 1 aromatic carbocycles. The highest BCUT2D eigenvalue weighted by molar-refractivity contribution is 6.31. The molecule has 0 heterocycles. The molecule has 0 amide bonds. The lowest BCUT2D eigenvalue weighted by molar-refractivity contribution is 0.699. The Labute approximate surface area is 103 Å². The van der Waals surface area contributed by atoms with E-state index in [0.717, 1.165) is 18.0 Å². The number of halogens is 1. The van der Waals surface area contributed by atoms with E-state index >= 15 is 0 Å². The zero-order chi connectivity index (χ0) is 11.8. The summed E-state index contributed by atoms with van der Waals surface area (Å²) in [7, 11) is 0. The van der Waals surface area contributed by atoms with Crippen LogP contribution in [0.4, 0.5) is 0 Å². The van der Waals surface area contributed by atoms with Gasteiger partial charge in [-0.3, -0.25) is 0 Å². The van der Waals surface area contributed by atoms with Crippen LogP contribution in [0.1, 0.15) is 50.2 Å². The maximum Gasteiger partial charge on any atom is 0.0443 e. The molecule has 0 radical (unpaired) electrons. The van der Waals surface area contributed by atoms with E-state index < -0.39 is 0 Å². The van der Waals surface area contributed by atoms with Gasteiger partial charge >= 0.3 is 0 Å². The molecule has 16 heavy (non-hydrogen) atoms. The molecule has 0 aromatic heterocycles. The average molecular weight is 238 g/mol. The summed E-state index contributed by atoms with van der Waals surface area (Å²) in [4.78, 5) is 0. The van der Waals surface area contributed by atoms with E-state index in [1.807, 2.05) is 0 Å². The van der Waals surface area contributed by atoms with Crippen molar-refractivity contribution >= 4 is 11.6 Å². The summed E-state index contributed by atoms with van der Waals surface area (Å²) in [6, 6.07) is 6.53. The Morgan fingerprint density at radius 1 is 1.44 bits per heavy atom. The lowest BCUT2D eigenvalue weighted by Gasteiger charge is -2.17. The van der Waals surface area contributed by atoms with Gasteiger partial charge in [-0.05, 0) is 42.4 Å². The zero-order valence-electron chi connectivity index (χ0n) is 10.1. The van der Waals surface area contributed by atoms with Crippen molar-refractivity contribution in [2.24, 2.45) is 5.73 Å². The Morgan fingerprint density at radius 2 is 2.12 bits per heavy atom. The van der Waals surface area contributed by atoms with Crippen molar-refractivity contribution in [3.8, 4) is 0 Å². The first kappa shape index (κ1) is 11.9. The van der Waals surface area contributed by atoms with Gasteiger partial charge in [-0.2, -0.15) is 0 Å². The molecular weight excluding hydrogens is 218 g/mol. The Morgan fingerprint density at radius 3 is 2.56 bits per heavy atom. The Bertz CT molecular complexity index is 382. The topological polar surface area (TPSA) is 26.0 Å². The second-order valence-electron chi connectivity index (χ2n) is 5.03. The molecule has 88 valence electrons. The van der Waals surface area contributed by atoms with Crippen molar-refractivity contribution < 1.29 is 0 Å². The molecule has 1 fully saturated rings. The van der Waals surface area contributed by atoms with Crippen LogP contribution >= 0.6 is 11.6 Å². The summed E-state index contributed by atoms with van der Waals surface area (Å²) < 4.78 is 0. The van der Waals surface area contributed by atoms with Crippen molar-refractivity contribution in [3.05, 3.63) is 34.3 Å². The van der Waals surface area contributed by atoms with E-state index in [1.54, 1.807) is 0 Å². The third kappa shape index (κ3) is 1.99. The van der Waals surface area contributed by atoms with Crippen LogP contribution in [0.15, 0.2) is 18.2 Å². The molecule has 1 nitrogen and oxygen atoms in total. The first-order valence-electron chi connectivity index (χ1n) is 6.13. The average Bonchev–Trinajstić information content (AvgIpc) is 3.09. The van der Waals surface area contributed by atoms with Crippen LogP contribution < -0.4 is 5.73 Å². The zero-order valence-corrected chi connectivity index (χ0v) is 10.8. The predicted molar refractivity (Wildman–Crippen MR) is 70.1 cm³/mol. The SMILES string of the molecule is CCC(C)c1ccc(C2(CN)CC2)cc1Cl. The summed E-state index contributed by atoms with van der Waals surface area (Å²) in [6.07, 6.45) is 3.55. The molecule has 0 spiro atoms. The minimum atomic E-state index is 0.248. The highest BCUT2D eigenvalue weighted by atomic mass is 35.5. The predicted octanol–water partition coefficient (Wildman–Crippen LogP) is 3.84. The lowest BCUT2D eigenvalue weighted by Crippen LogP contribution is -2.19. The van der Waals surface area contributed by atoms with E-state index in [-0.39, 0.29) is 5.41 Å². The Hall–Kier alpha value is -0.530. The van der Waals surface area contributed by atoms with E-state index in [4.69, 9.17) is 17.3 Å². The third-order valence-electron chi connectivity index (χ3n) is 4.00. The molecule has 1 aromatic rings. The number of hydrogen-bond donors (Lipinski definition) is 1. The van der Waals surface area contributed by atoms with Gasteiger partial charge in [0.1, 0.15) is 0 Å². The maximum absolute atomic E-state index is 6.35. The molecule has 0 saturated heterocycles. The van der Waals surface area contributed by atoms with Crippen molar-refractivity contribution in [1.29, 1.82) is 0 Å². The van der Waals surface area contributed by atoms with Gasteiger partial charge in [0.25, 0.3) is 0 Å². The summed E-state index contributed by atoms with van der Waals surface area (Å²) in [5.41, 5.74) is 8.67. The highest BCUT2D eigenvalue weighted by Gasteiger charge is 2.42. The van der Waals surface area contributed by atoms with Crippen LogP contribution in [0.5, 0.6) is 0 Å². The number of hydrogen-bond acceptors (Lipinski definition) is 1. The maximum atomic E-state index is 6.35. The molecule has 1 atom stereocenters. The molecule has 1 aliphatic rings.